The standard InChI is InChI=1S/C21H29N5O/c27-21-12-17-4-1-2-6-20(17)23-26(21)14-16-7-10-24(11-8-16)15-18-13-19-5-3-9-25(19)22-18/h12-13,16H,1-11,14-15H2. The average Bonchev–Trinajstić information content (AvgIpc) is 3.25. The lowest BCUT2D eigenvalue weighted by molar-refractivity contribution is 0.161. The number of rotatable bonds is 4. The molecule has 0 amide bonds. The van der Waals surface area contributed by atoms with Gasteiger partial charge in [0.05, 0.1) is 11.4 Å². The van der Waals surface area contributed by atoms with E-state index in [1.807, 2.05) is 6.07 Å². The fourth-order valence-electron chi connectivity index (χ4n) is 4.93. The van der Waals surface area contributed by atoms with Crippen molar-refractivity contribution in [3.05, 3.63) is 45.1 Å². The molecule has 5 rings (SSSR count). The molecule has 4 heterocycles. The fourth-order valence-corrected chi connectivity index (χ4v) is 4.93. The summed E-state index contributed by atoms with van der Waals surface area (Å²) in [6, 6.07) is 4.13. The lowest BCUT2D eigenvalue weighted by atomic mass is 9.95. The summed E-state index contributed by atoms with van der Waals surface area (Å²) < 4.78 is 3.92. The van der Waals surface area contributed by atoms with Gasteiger partial charge >= 0.3 is 0 Å². The highest BCUT2D eigenvalue weighted by Crippen LogP contribution is 2.22. The molecule has 0 radical (unpaired) electrons. The molecular formula is C21H29N5O. The molecule has 0 spiro atoms. The van der Waals surface area contributed by atoms with Crippen molar-refractivity contribution in [2.75, 3.05) is 13.1 Å². The predicted molar refractivity (Wildman–Crippen MR) is 104 cm³/mol. The molecule has 1 fully saturated rings. The lowest BCUT2D eigenvalue weighted by Gasteiger charge is -2.31. The second-order valence-corrected chi connectivity index (χ2v) is 8.52. The fraction of sp³-hybridized carbons (Fsp3) is 0.667. The molecule has 0 N–H and O–H groups in total. The van der Waals surface area contributed by atoms with Crippen molar-refractivity contribution in [3.63, 3.8) is 0 Å². The maximum atomic E-state index is 12.4. The summed E-state index contributed by atoms with van der Waals surface area (Å²) in [4.78, 5) is 14.9. The Morgan fingerprint density at radius 3 is 2.67 bits per heavy atom. The number of fused-ring (bicyclic) bond motifs is 2. The van der Waals surface area contributed by atoms with Crippen LogP contribution in [0.5, 0.6) is 0 Å². The Kier molecular flexibility index (Phi) is 4.60. The Hall–Kier alpha value is -1.95. The van der Waals surface area contributed by atoms with Crippen LogP contribution in [0.4, 0.5) is 0 Å². The Morgan fingerprint density at radius 2 is 1.81 bits per heavy atom. The molecular weight excluding hydrogens is 338 g/mol. The van der Waals surface area contributed by atoms with Crippen molar-refractivity contribution in [3.8, 4) is 0 Å². The van der Waals surface area contributed by atoms with Gasteiger partial charge in [0.2, 0.25) is 0 Å². The summed E-state index contributed by atoms with van der Waals surface area (Å²) in [6.07, 6.45) is 9.14. The van der Waals surface area contributed by atoms with Crippen LogP contribution in [0.15, 0.2) is 16.9 Å². The highest BCUT2D eigenvalue weighted by molar-refractivity contribution is 5.20. The van der Waals surface area contributed by atoms with Gasteiger partial charge in [-0.1, -0.05) is 0 Å². The van der Waals surface area contributed by atoms with Crippen LogP contribution in [0, 0.1) is 5.92 Å². The molecule has 0 bridgehead atoms. The molecule has 1 saturated heterocycles. The maximum absolute atomic E-state index is 12.4. The molecule has 1 aliphatic carbocycles. The monoisotopic (exact) mass is 367 g/mol. The summed E-state index contributed by atoms with van der Waals surface area (Å²) in [7, 11) is 0. The minimum Gasteiger partial charge on any atom is -0.297 e. The van der Waals surface area contributed by atoms with Gasteiger partial charge in [0.15, 0.2) is 0 Å². The minimum absolute atomic E-state index is 0.0885. The number of nitrogens with zero attached hydrogens (tertiary/aromatic N) is 5. The van der Waals surface area contributed by atoms with Gasteiger partial charge in [-0.2, -0.15) is 10.2 Å². The van der Waals surface area contributed by atoms with E-state index in [4.69, 9.17) is 10.2 Å². The molecule has 2 aliphatic heterocycles. The highest BCUT2D eigenvalue weighted by Gasteiger charge is 2.23. The third-order valence-corrected chi connectivity index (χ3v) is 6.51. The van der Waals surface area contributed by atoms with E-state index in [0.29, 0.717) is 5.92 Å². The summed E-state index contributed by atoms with van der Waals surface area (Å²) in [5.74, 6) is 0.556. The second kappa shape index (κ2) is 7.23. The van der Waals surface area contributed by atoms with Gasteiger partial charge in [-0.15, -0.1) is 0 Å². The van der Waals surface area contributed by atoms with Gasteiger partial charge in [0, 0.05) is 31.4 Å². The highest BCUT2D eigenvalue weighted by atomic mass is 16.1. The number of likely N-dealkylation sites (tertiary alicyclic amines) is 1. The van der Waals surface area contributed by atoms with E-state index in [1.165, 1.54) is 42.6 Å². The molecule has 2 aromatic heterocycles. The molecule has 0 saturated carbocycles. The van der Waals surface area contributed by atoms with Crippen LogP contribution in [-0.2, 0) is 38.9 Å². The Bertz CT molecular complexity index is 854. The summed E-state index contributed by atoms with van der Waals surface area (Å²) >= 11 is 0. The maximum Gasteiger partial charge on any atom is 0.267 e. The SMILES string of the molecule is O=c1cc2c(nn1CC1CCN(Cc3cc4n(n3)CCC4)CC1)CCCC2. The zero-order chi connectivity index (χ0) is 18.2. The Morgan fingerprint density at radius 1 is 0.963 bits per heavy atom. The van der Waals surface area contributed by atoms with Crippen molar-refractivity contribution < 1.29 is 0 Å². The first-order valence-electron chi connectivity index (χ1n) is 10.6. The van der Waals surface area contributed by atoms with E-state index < -0.39 is 0 Å². The summed E-state index contributed by atoms with van der Waals surface area (Å²) in [5.41, 5.74) is 5.05. The molecule has 6 heteroatoms. The van der Waals surface area contributed by atoms with Gasteiger partial charge < -0.3 is 0 Å². The third-order valence-electron chi connectivity index (χ3n) is 6.51. The molecule has 0 atom stereocenters. The molecule has 0 unspecified atom stereocenters. The Labute approximate surface area is 160 Å². The van der Waals surface area contributed by atoms with Crippen LogP contribution in [-0.4, -0.2) is 37.6 Å². The van der Waals surface area contributed by atoms with Gasteiger partial charge in [0.1, 0.15) is 0 Å². The Balaban J connectivity index is 1.18. The van der Waals surface area contributed by atoms with Gasteiger partial charge in [0.25, 0.3) is 5.56 Å². The van der Waals surface area contributed by atoms with Crippen molar-refractivity contribution in [1.29, 1.82) is 0 Å². The van der Waals surface area contributed by atoms with Crippen molar-refractivity contribution in [2.24, 2.45) is 5.92 Å². The van der Waals surface area contributed by atoms with Crippen molar-refractivity contribution >= 4 is 0 Å². The molecule has 0 aromatic carbocycles. The number of aryl methyl sites for hydroxylation is 4. The minimum atomic E-state index is 0.0885. The number of hydrogen-bond acceptors (Lipinski definition) is 4. The van der Waals surface area contributed by atoms with Gasteiger partial charge in [-0.25, -0.2) is 4.68 Å². The summed E-state index contributed by atoms with van der Waals surface area (Å²) in [5, 5.41) is 9.44. The molecule has 144 valence electrons. The molecule has 27 heavy (non-hydrogen) atoms. The van der Waals surface area contributed by atoms with E-state index >= 15 is 0 Å². The second-order valence-electron chi connectivity index (χ2n) is 8.52. The quantitative estimate of drug-likeness (QED) is 0.831. The lowest BCUT2D eigenvalue weighted by Crippen LogP contribution is -2.37. The van der Waals surface area contributed by atoms with E-state index in [-0.39, 0.29) is 5.56 Å². The van der Waals surface area contributed by atoms with Crippen LogP contribution < -0.4 is 5.56 Å². The van der Waals surface area contributed by atoms with E-state index in [2.05, 4.69) is 15.6 Å². The third kappa shape index (κ3) is 3.59. The zero-order valence-corrected chi connectivity index (χ0v) is 16.1. The van der Waals surface area contributed by atoms with Crippen LogP contribution in [0.25, 0.3) is 0 Å². The van der Waals surface area contributed by atoms with Crippen LogP contribution in [0.3, 0.4) is 0 Å². The topological polar surface area (TPSA) is 56.0 Å². The molecule has 6 nitrogen and oxygen atoms in total. The number of hydrogen-bond donors (Lipinski definition) is 0. The van der Waals surface area contributed by atoms with Gasteiger partial charge in [-0.3, -0.25) is 14.4 Å². The van der Waals surface area contributed by atoms with Crippen LogP contribution in [0.1, 0.15) is 54.7 Å². The largest absolute Gasteiger partial charge is 0.297 e. The van der Waals surface area contributed by atoms with E-state index in [1.54, 1.807) is 4.68 Å². The van der Waals surface area contributed by atoms with Crippen molar-refractivity contribution in [2.45, 2.75) is 71.0 Å². The first kappa shape index (κ1) is 17.2. The first-order chi connectivity index (χ1) is 13.2. The van der Waals surface area contributed by atoms with Gasteiger partial charge in [-0.05, 0) is 82.0 Å². The smallest absolute Gasteiger partial charge is 0.267 e. The van der Waals surface area contributed by atoms with Crippen LogP contribution in [0.2, 0.25) is 0 Å². The zero-order valence-electron chi connectivity index (χ0n) is 16.1. The normalized spacial score (nSPS) is 20.6. The molecule has 3 aliphatic rings. The number of aromatic nitrogens is 4. The first-order valence-corrected chi connectivity index (χ1v) is 10.6. The molecule has 2 aromatic rings. The number of piperidine rings is 1. The predicted octanol–water partition coefficient (Wildman–Crippen LogP) is 2.18. The average molecular weight is 367 g/mol. The summed E-state index contributed by atoms with van der Waals surface area (Å²) in [6.45, 7) is 5.00. The van der Waals surface area contributed by atoms with E-state index in [9.17, 15) is 4.79 Å². The van der Waals surface area contributed by atoms with Crippen LogP contribution >= 0.6 is 0 Å². The van der Waals surface area contributed by atoms with E-state index in [0.717, 1.165) is 64.1 Å². The van der Waals surface area contributed by atoms with Crippen molar-refractivity contribution in [1.82, 2.24) is 24.5 Å².